The van der Waals surface area contributed by atoms with E-state index < -0.39 is 0 Å². The number of nitrogens with zero attached hydrogens (tertiary/aromatic N) is 1. The maximum Gasteiger partial charge on any atom is 0.318 e. The Bertz CT molecular complexity index is 312. The van der Waals surface area contributed by atoms with Crippen molar-refractivity contribution < 1.29 is 9.53 Å². The number of thiocarbonyl (C=S) groups is 1. The summed E-state index contributed by atoms with van der Waals surface area (Å²) in [5, 5.41) is 3.01. The molecule has 2 aliphatic rings. The molecule has 1 saturated carbocycles. The van der Waals surface area contributed by atoms with Crippen molar-refractivity contribution in [3.05, 3.63) is 0 Å². The Morgan fingerprint density at radius 3 is 2.67 bits per heavy atom. The fraction of sp³-hybridized carbons (Fsp3) is 0.833. The highest BCUT2D eigenvalue weighted by atomic mass is 32.1. The molecule has 0 radical (unpaired) electrons. The molecule has 2 rings (SSSR count). The Hall–Kier alpha value is -0.880. The number of hydrogen-bond acceptors (Lipinski definition) is 3. The number of ether oxygens (including phenoxy) is 1. The van der Waals surface area contributed by atoms with Gasteiger partial charge in [-0.3, -0.25) is 0 Å². The van der Waals surface area contributed by atoms with Crippen LogP contribution < -0.4 is 11.1 Å². The molecule has 0 aromatic carbocycles. The molecule has 1 heterocycles. The highest BCUT2D eigenvalue weighted by molar-refractivity contribution is 7.80. The van der Waals surface area contributed by atoms with Gasteiger partial charge in [0.1, 0.15) is 0 Å². The third-order valence-corrected chi connectivity index (χ3v) is 3.74. The minimum Gasteiger partial charge on any atom is -0.392 e. The number of nitrogens with one attached hydrogen (secondary N) is 1. The van der Waals surface area contributed by atoms with Gasteiger partial charge < -0.3 is 20.7 Å². The number of urea groups is 1. The third-order valence-electron chi connectivity index (χ3n) is 3.61. The molecule has 1 aliphatic carbocycles. The highest BCUT2D eigenvalue weighted by Crippen LogP contribution is 2.23. The van der Waals surface area contributed by atoms with E-state index in [1.807, 2.05) is 0 Å². The van der Waals surface area contributed by atoms with Gasteiger partial charge in [0.2, 0.25) is 0 Å². The van der Waals surface area contributed by atoms with Crippen molar-refractivity contribution in [2.24, 2.45) is 5.73 Å². The van der Waals surface area contributed by atoms with E-state index in [9.17, 15) is 4.79 Å². The molecule has 2 fully saturated rings. The van der Waals surface area contributed by atoms with Gasteiger partial charge in [-0.25, -0.2) is 4.79 Å². The first-order chi connectivity index (χ1) is 8.66. The zero-order valence-corrected chi connectivity index (χ0v) is 11.4. The molecular weight excluding hydrogens is 250 g/mol. The number of hydrogen-bond donors (Lipinski definition) is 2. The molecule has 1 aliphatic heterocycles. The first-order valence-corrected chi connectivity index (χ1v) is 7.01. The summed E-state index contributed by atoms with van der Waals surface area (Å²) < 4.78 is 5.26. The molecule has 1 unspecified atom stereocenters. The van der Waals surface area contributed by atoms with Gasteiger partial charge in [-0.2, -0.15) is 0 Å². The molecule has 0 spiro atoms. The van der Waals surface area contributed by atoms with Crippen LogP contribution in [0.3, 0.4) is 0 Å². The molecule has 0 aromatic rings. The van der Waals surface area contributed by atoms with Gasteiger partial charge in [0.15, 0.2) is 0 Å². The Morgan fingerprint density at radius 2 is 2.11 bits per heavy atom. The summed E-state index contributed by atoms with van der Waals surface area (Å²) in [4.78, 5) is 14.4. The summed E-state index contributed by atoms with van der Waals surface area (Å²) >= 11 is 4.94. The molecule has 2 amide bonds. The lowest BCUT2D eigenvalue weighted by Crippen LogP contribution is -2.51. The first kappa shape index (κ1) is 13.5. The number of carbonyl (C=O) groups is 1. The van der Waals surface area contributed by atoms with Gasteiger partial charge in [-0.05, 0) is 19.3 Å². The number of nitrogens with two attached hydrogens (primary N) is 1. The summed E-state index contributed by atoms with van der Waals surface area (Å²) in [6.45, 7) is 1.71. The predicted octanol–water partition coefficient (Wildman–Crippen LogP) is 1.02. The minimum absolute atomic E-state index is 0.0507. The number of amides is 2. The van der Waals surface area contributed by atoms with Crippen LogP contribution in [0, 0.1) is 0 Å². The minimum atomic E-state index is -0.0507. The van der Waals surface area contributed by atoms with Crippen LogP contribution in [0.15, 0.2) is 0 Å². The van der Waals surface area contributed by atoms with Crippen molar-refractivity contribution in [1.29, 1.82) is 0 Å². The van der Waals surface area contributed by atoms with Gasteiger partial charge >= 0.3 is 6.03 Å². The fourth-order valence-electron chi connectivity index (χ4n) is 2.66. The Morgan fingerprint density at radius 1 is 1.39 bits per heavy atom. The third kappa shape index (κ3) is 3.55. The van der Waals surface area contributed by atoms with Crippen LogP contribution in [0.1, 0.15) is 32.1 Å². The highest BCUT2D eigenvalue weighted by Gasteiger charge is 2.29. The van der Waals surface area contributed by atoms with Crippen LogP contribution in [-0.2, 0) is 4.74 Å². The van der Waals surface area contributed by atoms with E-state index in [1.165, 1.54) is 12.8 Å². The SMILES string of the molecule is NC(=S)CN(C(=O)NC1CCOC1)C1CCCC1. The quantitative estimate of drug-likeness (QED) is 0.749. The average molecular weight is 271 g/mol. The van der Waals surface area contributed by atoms with Crippen LogP contribution in [0.5, 0.6) is 0 Å². The molecule has 0 aromatic heterocycles. The van der Waals surface area contributed by atoms with Crippen LogP contribution in [0.25, 0.3) is 0 Å². The first-order valence-electron chi connectivity index (χ1n) is 6.60. The molecule has 3 N–H and O–H groups in total. The van der Waals surface area contributed by atoms with Gasteiger partial charge in [0.25, 0.3) is 0 Å². The molecule has 102 valence electrons. The Kier molecular flexibility index (Phi) is 4.77. The molecule has 1 atom stereocenters. The second-order valence-corrected chi connectivity index (χ2v) is 5.57. The monoisotopic (exact) mass is 271 g/mol. The van der Waals surface area contributed by atoms with Crippen LogP contribution in [0.2, 0.25) is 0 Å². The van der Waals surface area contributed by atoms with Crippen molar-refractivity contribution in [3.8, 4) is 0 Å². The standard InChI is InChI=1S/C12H21N3O2S/c13-11(18)7-15(10-3-1-2-4-10)12(16)14-9-5-6-17-8-9/h9-10H,1-8H2,(H2,13,18)(H,14,16). The second kappa shape index (κ2) is 6.33. The largest absolute Gasteiger partial charge is 0.392 e. The van der Waals surface area contributed by atoms with E-state index in [0.717, 1.165) is 25.9 Å². The van der Waals surface area contributed by atoms with Crippen LogP contribution >= 0.6 is 12.2 Å². The number of carbonyl (C=O) groups excluding carboxylic acids is 1. The maximum absolute atomic E-state index is 12.3. The molecule has 6 heteroatoms. The van der Waals surface area contributed by atoms with E-state index in [4.69, 9.17) is 22.7 Å². The average Bonchev–Trinajstić information content (AvgIpc) is 2.97. The molecule has 0 bridgehead atoms. The summed E-state index contributed by atoms with van der Waals surface area (Å²) in [7, 11) is 0. The Labute approximate surface area is 113 Å². The summed E-state index contributed by atoms with van der Waals surface area (Å²) in [5.74, 6) is 0. The van der Waals surface area contributed by atoms with E-state index >= 15 is 0 Å². The van der Waals surface area contributed by atoms with Crippen molar-refractivity contribution in [2.45, 2.75) is 44.2 Å². The molecule has 5 nitrogen and oxygen atoms in total. The predicted molar refractivity (Wildman–Crippen MR) is 73.5 cm³/mol. The lowest BCUT2D eigenvalue weighted by atomic mass is 10.2. The Balaban J connectivity index is 1.93. The van der Waals surface area contributed by atoms with E-state index in [-0.39, 0.29) is 18.1 Å². The smallest absolute Gasteiger partial charge is 0.318 e. The van der Waals surface area contributed by atoms with Gasteiger partial charge in [-0.15, -0.1) is 0 Å². The zero-order chi connectivity index (χ0) is 13.0. The van der Waals surface area contributed by atoms with E-state index in [2.05, 4.69) is 5.32 Å². The van der Waals surface area contributed by atoms with Crippen LogP contribution in [-0.4, -0.2) is 47.8 Å². The zero-order valence-electron chi connectivity index (χ0n) is 10.6. The van der Waals surface area contributed by atoms with E-state index in [0.29, 0.717) is 18.1 Å². The van der Waals surface area contributed by atoms with Crippen molar-refractivity contribution in [3.63, 3.8) is 0 Å². The summed E-state index contributed by atoms with van der Waals surface area (Å²) in [6.07, 6.45) is 5.35. The van der Waals surface area contributed by atoms with Gasteiger partial charge in [0.05, 0.1) is 24.2 Å². The van der Waals surface area contributed by atoms with Gasteiger partial charge in [0, 0.05) is 12.6 Å². The van der Waals surface area contributed by atoms with Crippen molar-refractivity contribution in [2.75, 3.05) is 19.8 Å². The normalized spacial score (nSPS) is 24.1. The molecular formula is C12H21N3O2S. The fourth-order valence-corrected chi connectivity index (χ4v) is 2.80. The number of rotatable bonds is 4. The molecule has 1 saturated heterocycles. The second-order valence-electron chi connectivity index (χ2n) is 5.04. The summed E-state index contributed by atoms with van der Waals surface area (Å²) in [5.41, 5.74) is 5.59. The topological polar surface area (TPSA) is 67.6 Å². The lowest BCUT2D eigenvalue weighted by molar-refractivity contribution is 0.171. The lowest BCUT2D eigenvalue weighted by Gasteiger charge is -2.29. The van der Waals surface area contributed by atoms with Crippen LogP contribution in [0.4, 0.5) is 4.79 Å². The van der Waals surface area contributed by atoms with Crippen molar-refractivity contribution >= 4 is 23.2 Å². The van der Waals surface area contributed by atoms with Crippen molar-refractivity contribution in [1.82, 2.24) is 10.2 Å². The summed E-state index contributed by atoms with van der Waals surface area (Å²) in [6, 6.07) is 0.367. The maximum atomic E-state index is 12.3. The molecule has 18 heavy (non-hydrogen) atoms. The van der Waals surface area contributed by atoms with E-state index in [1.54, 1.807) is 4.90 Å². The van der Waals surface area contributed by atoms with Gasteiger partial charge in [-0.1, -0.05) is 25.1 Å².